The molecule has 0 aromatic rings. The molecule has 0 radical (unpaired) electrons. The minimum atomic E-state index is 0.565. The van der Waals surface area contributed by atoms with Crippen LogP contribution in [0.3, 0.4) is 0 Å². The highest BCUT2D eigenvalue weighted by molar-refractivity contribution is 4.77. The number of nitrogens with zero attached hydrogens (tertiary/aromatic N) is 2. The smallest absolute Gasteiger partial charge is 0.0190 e. The van der Waals surface area contributed by atoms with Gasteiger partial charge in [0.2, 0.25) is 0 Å². The quantitative estimate of drug-likeness (QED) is 0.720. The third-order valence-electron chi connectivity index (χ3n) is 3.24. The molecule has 0 amide bonds. The van der Waals surface area contributed by atoms with Gasteiger partial charge in [0.15, 0.2) is 0 Å². The molecule has 3 heteroatoms. The summed E-state index contributed by atoms with van der Waals surface area (Å²) in [5, 5.41) is 0. The summed E-state index contributed by atoms with van der Waals surface area (Å²) < 4.78 is 0. The fourth-order valence-corrected chi connectivity index (χ4v) is 2.24. The fraction of sp³-hybridized carbons (Fsp3) is 1.00. The van der Waals surface area contributed by atoms with Crippen LogP contribution in [-0.2, 0) is 0 Å². The molecule has 1 fully saturated rings. The van der Waals surface area contributed by atoms with Gasteiger partial charge in [-0.15, -0.1) is 0 Å². The normalized spacial score (nSPS) is 22.9. The molecule has 0 aliphatic carbocycles. The van der Waals surface area contributed by atoms with Gasteiger partial charge >= 0.3 is 0 Å². The van der Waals surface area contributed by atoms with Gasteiger partial charge in [0, 0.05) is 19.1 Å². The Balaban J connectivity index is 2.24. The molecule has 0 spiro atoms. The summed E-state index contributed by atoms with van der Waals surface area (Å²) in [4.78, 5) is 4.82. The van der Waals surface area contributed by atoms with Gasteiger partial charge in [-0.25, -0.2) is 0 Å². The number of hydrogen-bond acceptors (Lipinski definition) is 3. The van der Waals surface area contributed by atoms with Gasteiger partial charge in [0.05, 0.1) is 0 Å². The monoisotopic (exact) mass is 199 g/mol. The lowest BCUT2D eigenvalue weighted by molar-refractivity contribution is 0.130. The van der Waals surface area contributed by atoms with Crippen molar-refractivity contribution in [1.29, 1.82) is 0 Å². The third kappa shape index (κ3) is 3.56. The van der Waals surface area contributed by atoms with E-state index >= 15 is 0 Å². The van der Waals surface area contributed by atoms with Crippen LogP contribution in [0.15, 0.2) is 0 Å². The Morgan fingerprint density at radius 1 is 1.36 bits per heavy atom. The summed E-state index contributed by atoms with van der Waals surface area (Å²) >= 11 is 0. The molecule has 1 heterocycles. The second kappa shape index (κ2) is 5.69. The van der Waals surface area contributed by atoms with Crippen LogP contribution in [0.1, 0.15) is 19.8 Å². The number of likely N-dealkylation sites (tertiary alicyclic amines) is 1. The molecule has 1 rings (SSSR count). The molecule has 0 aromatic carbocycles. The Bertz CT molecular complexity index is 151. The third-order valence-corrected chi connectivity index (χ3v) is 3.24. The van der Waals surface area contributed by atoms with Gasteiger partial charge < -0.3 is 10.6 Å². The van der Waals surface area contributed by atoms with Crippen LogP contribution in [-0.4, -0.2) is 56.1 Å². The van der Waals surface area contributed by atoms with Crippen LogP contribution in [0.5, 0.6) is 0 Å². The fourth-order valence-electron chi connectivity index (χ4n) is 2.24. The number of piperidine rings is 1. The molecule has 1 aliphatic heterocycles. The zero-order valence-corrected chi connectivity index (χ0v) is 9.87. The van der Waals surface area contributed by atoms with E-state index < -0.39 is 0 Å². The lowest BCUT2D eigenvalue weighted by atomic mass is 9.95. The Hall–Kier alpha value is -0.120. The number of nitrogens with two attached hydrogens (primary N) is 1. The highest BCUT2D eigenvalue weighted by Gasteiger charge is 2.21. The summed E-state index contributed by atoms with van der Waals surface area (Å²) in [6, 6.07) is 0.565. The molecule has 1 aliphatic rings. The van der Waals surface area contributed by atoms with E-state index in [1.165, 1.54) is 32.5 Å². The number of rotatable bonds is 4. The van der Waals surface area contributed by atoms with Crippen molar-refractivity contribution >= 4 is 0 Å². The predicted octanol–water partition coefficient (Wildman–Crippen LogP) is 0.607. The maximum atomic E-state index is 5.67. The minimum Gasteiger partial charge on any atom is -0.329 e. The highest BCUT2D eigenvalue weighted by Crippen LogP contribution is 2.18. The van der Waals surface area contributed by atoms with Gasteiger partial charge in [0.25, 0.3) is 0 Å². The molecule has 84 valence electrons. The predicted molar refractivity (Wildman–Crippen MR) is 61.4 cm³/mol. The van der Waals surface area contributed by atoms with Crippen LogP contribution in [0.25, 0.3) is 0 Å². The van der Waals surface area contributed by atoms with Crippen LogP contribution in [0.2, 0.25) is 0 Å². The van der Waals surface area contributed by atoms with E-state index in [9.17, 15) is 0 Å². The molecule has 1 atom stereocenters. The molecule has 1 saturated heterocycles. The maximum absolute atomic E-state index is 5.67. The van der Waals surface area contributed by atoms with Gasteiger partial charge in [-0.3, -0.25) is 4.90 Å². The minimum absolute atomic E-state index is 0.565. The highest BCUT2D eigenvalue weighted by atomic mass is 15.2. The van der Waals surface area contributed by atoms with E-state index in [1.54, 1.807) is 0 Å². The molecule has 0 saturated carbocycles. The Labute approximate surface area is 88.2 Å². The van der Waals surface area contributed by atoms with Crippen LogP contribution >= 0.6 is 0 Å². The molecular formula is C11H25N3. The Morgan fingerprint density at radius 2 is 1.93 bits per heavy atom. The summed E-state index contributed by atoms with van der Waals surface area (Å²) in [6.45, 7) is 6.73. The molecule has 3 nitrogen and oxygen atoms in total. The molecular weight excluding hydrogens is 174 g/mol. The van der Waals surface area contributed by atoms with E-state index in [-0.39, 0.29) is 0 Å². The molecule has 0 aromatic heterocycles. The topological polar surface area (TPSA) is 32.5 Å². The van der Waals surface area contributed by atoms with Crippen molar-refractivity contribution in [2.24, 2.45) is 11.7 Å². The molecule has 14 heavy (non-hydrogen) atoms. The van der Waals surface area contributed by atoms with E-state index in [2.05, 4.69) is 30.8 Å². The van der Waals surface area contributed by atoms with Crippen molar-refractivity contribution in [3.63, 3.8) is 0 Å². The molecule has 1 unspecified atom stereocenters. The average Bonchev–Trinajstić information content (AvgIpc) is 2.17. The first-order valence-corrected chi connectivity index (χ1v) is 5.72. The van der Waals surface area contributed by atoms with E-state index in [1.807, 2.05) is 0 Å². The summed E-state index contributed by atoms with van der Waals surface area (Å²) in [5.74, 6) is 0.895. The van der Waals surface area contributed by atoms with Crippen molar-refractivity contribution in [2.75, 3.05) is 40.3 Å². The largest absolute Gasteiger partial charge is 0.329 e. The van der Waals surface area contributed by atoms with Gasteiger partial charge in [-0.2, -0.15) is 0 Å². The van der Waals surface area contributed by atoms with Crippen LogP contribution < -0.4 is 5.73 Å². The van der Waals surface area contributed by atoms with E-state index in [0.717, 1.165) is 12.5 Å². The lowest BCUT2D eigenvalue weighted by Crippen LogP contribution is -2.44. The second-order valence-electron chi connectivity index (χ2n) is 4.83. The Kier molecular flexibility index (Phi) is 4.85. The van der Waals surface area contributed by atoms with E-state index in [0.29, 0.717) is 6.04 Å². The van der Waals surface area contributed by atoms with Crippen molar-refractivity contribution < 1.29 is 0 Å². The zero-order chi connectivity index (χ0) is 10.6. The van der Waals surface area contributed by atoms with Crippen molar-refractivity contribution in [1.82, 2.24) is 9.80 Å². The van der Waals surface area contributed by atoms with Crippen molar-refractivity contribution in [3.05, 3.63) is 0 Å². The van der Waals surface area contributed by atoms with Crippen LogP contribution in [0.4, 0.5) is 0 Å². The van der Waals surface area contributed by atoms with Crippen molar-refractivity contribution in [3.8, 4) is 0 Å². The SMILES string of the molecule is CC(CN)N1CCC(CN(C)C)CC1. The second-order valence-corrected chi connectivity index (χ2v) is 4.83. The molecule has 2 N–H and O–H groups in total. The van der Waals surface area contributed by atoms with Gasteiger partial charge in [0.1, 0.15) is 0 Å². The zero-order valence-electron chi connectivity index (χ0n) is 9.87. The first-order chi connectivity index (χ1) is 6.63. The Morgan fingerprint density at radius 3 is 2.36 bits per heavy atom. The van der Waals surface area contributed by atoms with Gasteiger partial charge in [-0.05, 0) is 52.9 Å². The summed E-state index contributed by atoms with van der Waals surface area (Å²) in [7, 11) is 4.32. The standard InChI is InChI=1S/C11H25N3/c1-10(8-12)14-6-4-11(5-7-14)9-13(2)3/h10-11H,4-9,12H2,1-3H3. The number of hydrogen-bond donors (Lipinski definition) is 1. The van der Waals surface area contributed by atoms with Gasteiger partial charge in [-0.1, -0.05) is 0 Å². The summed E-state index contributed by atoms with van der Waals surface area (Å²) in [5.41, 5.74) is 5.67. The van der Waals surface area contributed by atoms with E-state index in [4.69, 9.17) is 5.73 Å². The van der Waals surface area contributed by atoms with Crippen molar-refractivity contribution in [2.45, 2.75) is 25.8 Å². The summed E-state index contributed by atoms with van der Waals surface area (Å²) in [6.07, 6.45) is 2.67. The first kappa shape index (κ1) is 12.0. The van der Waals surface area contributed by atoms with Crippen LogP contribution in [0, 0.1) is 5.92 Å². The average molecular weight is 199 g/mol. The molecule has 0 bridgehead atoms. The maximum Gasteiger partial charge on any atom is 0.0190 e. The lowest BCUT2D eigenvalue weighted by Gasteiger charge is -2.36. The first-order valence-electron chi connectivity index (χ1n) is 5.72.